The fraction of sp³-hybridized carbons (Fsp3) is 0.273. The number of aliphatic carboxylic acids is 2. The Bertz CT molecular complexity index is 401. The van der Waals surface area contributed by atoms with Crippen LogP contribution in [0.3, 0.4) is 0 Å². The van der Waals surface area contributed by atoms with E-state index >= 15 is 0 Å². The van der Waals surface area contributed by atoms with Crippen molar-refractivity contribution in [2.24, 2.45) is 0 Å². The molecule has 2 unspecified atom stereocenters. The van der Waals surface area contributed by atoms with E-state index < -0.39 is 30.6 Å². The summed E-state index contributed by atoms with van der Waals surface area (Å²) in [6.45, 7) is -0.427. The topological polar surface area (TPSA) is 107 Å². The Balaban J connectivity index is 0. The van der Waals surface area contributed by atoms with Crippen molar-refractivity contribution in [2.75, 3.05) is 6.54 Å². The Morgan fingerprint density at radius 2 is 1.63 bits per heavy atom. The summed E-state index contributed by atoms with van der Waals surface area (Å²) in [5.74, 6) is -2.53. The zero-order valence-electron chi connectivity index (χ0n) is 10.9. The van der Waals surface area contributed by atoms with E-state index in [4.69, 9.17) is 10.2 Å². The van der Waals surface area contributed by atoms with Crippen LogP contribution in [0.5, 0.6) is 0 Å². The summed E-state index contributed by atoms with van der Waals surface area (Å²) in [5.41, 5.74) is 0.517. The van der Waals surface area contributed by atoms with Crippen LogP contribution in [0.1, 0.15) is 11.6 Å². The van der Waals surface area contributed by atoms with Crippen molar-refractivity contribution in [3.8, 4) is 0 Å². The number of benzene rings is 1. The molecule has 0 aliphatic heterocycles. The van der Waals surface area contributed by atoms with Gasteiger partial charge in [-0.3, -0.25) is 10.1 Å². The number of hydrogen-bond acceptors (Lipinski definition) is 4. The van der Waals surface area contributed by atoms with Crippen molar-refractivity contribution in [1.29, 1.82) is 0 Å². The second-order valence-electron chi connectivity index (χ2n) is 3.45. The van der Waals surface area contributed by atoms with E-state index in [0.29, 0.717) is 5.56 Å². The molecule has 0 amide bonds. The van der Waals surface area contributed by atoms with Crippen molar-refractivity contribution in [1.82, 2.24) is 5.32 Å². The maximum Gasteiger partial charge on any atom is 0.334 e. The Morgan fingerprint density at radius 1 is 1.11 bits per heavy atom. The molecule has 2 radical (unpaired) electrons. The summed E-state index contributed by atoms with van der Waals surface area (Å²) in [6.07, 6.45) is -1.70. The first-order chi connectivity index (χ1) is 8.02. The molecule has 0 heterocycles. The summed E-state index contributed by atoms with van der Waals surface area (Å²) < 4.78 is 0. The fourth-order valence-corrected chi connectivity index (χ4v) is 1.41. The predicted molar refractivity (Wildman–Crippen MR) is 70.0 cm³/mol. The molecule has 0 saturated carbocycles. The van der Waals surface area contributed by atoms with Gasteiger partial charge in [0.25, 0.3) is 0 Å². The van der Waals surface area contributed by atoms with Crippen LogP contribution in [0.25, 0.3) is 0 Å². The van der Waals surface area contributed by atoms with E-state index in [1.54, 1.807) is 30.3 Å². The molecule has 6 nitrogen and oxygen atoms in total. The van der Waals surface area contributed by atoms with Crippen LogP contribution in [0, 0.1) is 0 Å². The number of rotatable bonds is 6. The van der Waals surface area contributed by atoms with Gasteiger partial charge in [0.2, 0.25) is 0 Å². The van der Waals surface area contributed by atoms with Crippen molar-refractivity contribution in [2.45, 2.75) is 12.1 Å². The van der Waals surface area contributed by atoms with E-state index in [9.17, 15) is 14.7 Å². The number of nitrogens with one attached hydrogen (secondary N) is 1. The summed E-state index contributed by atoms with van der Waals surface area (Å²) in [4.78, 5) is 21.2. The molecule has 1 rings (SSSR count). The van der Waals surface area contributed by atoms with Gasteiger partial charge in [-0.1, -0.05) is 30.3 Å². The van der Waals surface area contributed by atoms with Crippen LogP contribution in [0.2, 0.25) is 0 Å². The molecule has 2 atom stereocenters. The van der Waals surface area contributed by atoms with Gasteiger partial charge in [-0.25, -0.2) is 4.79 Å². The van der Waals surface area contributed by atoms with E-state index in [-0.39, 0.29) is 103 Å². The molecule has 0 fully saturated rings. The number of carboxylic acid groups (broad SMARTS) is 2. The van der Waals surface area contributed by atoms with Crippen LogP contribution in [0.4, 0.5) is 0 Å². The number of hydrogen-bond donors (Lipinski definition) is 4. The molecule has 0 aliphatic carbocycles. The zero-order valence-corrected chi connectivity index (χ0v) is 17.2. The minimum atomic E-state index is -1.70. The smallest absolute Gasteiger partial charge is 0.334 e. The molecule has 94 valence electrons. The third kappa shape index (κ3) is 8.39. The van der Waals surface area contributed by atoms with Gasteiger partial charge in [0.1, 0.15) is 0 Å². The average Bonchev–Trinajstić information content (AvgIpc) is 2.30. The molecule has 0 aromatic heterocycles. The van der Waals surface area contributed by atoms with Crippen LogP contribution < -0.4 is 5.32 Å². The molecule has 0 saturated heterocycles. The van der Waals surface area contributed by atoms with Crippen LogP contribution in [-0.2, 0) is 9.59 Å². The third-order valence-electron chi connectivity index (χ3n) is 2.20. The van der Waals surface area contributed by atoms with Gasteiger partial charge >= 0.3 is 11.9 Å². The molecule has 8 heteroatoms. The van der Waals surface area contributed by atoms with Crippen molar-refractivity contribution in [3.05, 3.63) is 35.9 Å². The molecule has 1 aromatic carbocycles. The molecule has 4 N–H and O–H groups in total. The predicted octanol–water partition coefficient (Wildman–Crippen LogP) is -0.914. The molecular formula is C11H13K2NO5. The summed E-state index contributed by atoms with van der Waals surface area (Å²) in [5, 5.41) is 29.3. The van der Waals surface area contributed by atoms with Crippen molar-refractivity contribution in [3.63, 3.8) is 0 Å². The summed E-state index contributed by atoms with van der Waals surface area (Å²) in [7, 11) is 0. The summed E-state index contributed by atoms with van der Waals surface area (Å²) in [6, 6.07) is 7.38. The SMILES string of the molecule is O=C(O)CNC(c1ccccc1)C(O)C(=O)O.[K].[K]. The maximum atomic E-state index is 10.7. The fourth-order valence-electron chi connectivity index (χ4n) is 1.41. The van der Waals surface area contributed by atoms with Crippen molar-refractivity contribution < 1.29 is 24.9 Å². The molecule has 1 aromatic rings. The molecule has 0 spiro atoms. The maximum absolute atomic E-state index is 10.7. The van der Waals surface area contributed by atoms with E-state index in [0.717, 1.165) is 0 Å². The number of carbonyl (C=O) groups is 2. The first kappa shape index (κ1) is 22.6. The largest absolute Gasteiger partial charge is 0.480 e. The zero-order chi connectivity index (χ0) is 12.8. The standard InChI is InChI=1S/C11H13NO5.2K/c13-8(14)6-12-9(10(15)11(16)17)7-4-2-1-3-5-7;;/h1-5,9-10,12,15H,6H2,(H,13,14)(H,16,17);;. The average molecular weight is 317 g/mol. The first-order valence-corrected chi connectivity index (χ1v) is 4.93. The Kier molecular flexibility index (Phi) is 14.2. The normalized spacial score (nSPS) is 12.5. The van der Waals surface area contributed by atoms with Gasteiger partial charge in [0, 0.05) is 103 Å². The second-order valence-corrected chi connectivity index (χ2v) is 3.45. The van der Waals surface area contributed by atoms with Crippen LogP contribution >= 0.6 is 0 Å². The van der Waals surface area contributed by atoms with E-state index in [1.165, 1.54) is 0 Å². The van der Waals surface area contributed by atoms with Gasteiger partial charge in [-0.05, 0) is 5.56 Å². The van der Waals surface area contributed by atoms with Crippen LogP contribution in [-0.4, -0.2) is 143 Å². The number of aliphatic hydroxyl groups is 1. The Hall–Kier alpha value is 1.35. The van der Waals surface area contributed by atoms with Gasteiger partial charge in [0.05, 0.1) is 12.6 Å². The van der Waals surface area contributed by atoms with Gasteiger partial charge in [0.15, 0.2) is 6.10 Å². The molecule has 19 heavy (non-hydrogen) atoms. The molecule has 0 aliphatic rings. The number of aliphatic hydroxyl groups excluding tert-OH is 1. The quantitative estimate of drug-likeness (QED) is 0.506. The minimum absolute atomic E-state index is 0. The Labute approximate surface area is 195 Å². The monoisotopic (exact) mass is 317 g/mol. The van der Waals surface area contributed by atoms with E-state index in [1.807, 2.05) is 0 Å². The van der Waals surface area contributed by atoms with Gasteiger partial charge in [-0.15, -0.1) is 0 Å². The molecular weight excluding hydrogens is 304 g/mol. The molecule has 0 bridgehead atoms. The summed E-state index contributed by atoms with van der Waals surface area (Å²) >= 11 is 0. The van der Waals surface area contributed by atoms with Gasteiger partial charge in [-0.2, -0.15) is 0 Å². The van der Waals surface area contributed by atoms with Crippen LogP contribution in [0.15, 0.2) is 30.3 Å². The third-order valence-corrected chi connectivity index (χ3v) is 2.20. The first-order valence-electron chi connectivity index (χ1n) is 4.93. The second kappa shape index (κ2) is 12.0. The minimum Gasteiger partial charge on any atom is -0.480 e. The van der Waals surface area contributed by atoms with Crippen molar-refractivity contribution >= 4 is 115 Å². The van der Waals surface area contributed by atoms with E-state index in [2.05, 4.69) is 5.32 Å². The Morgan fingerprint density at radius 3 is 2.05 bits per heavy atom. The van der Waals surface area contributed by atoms with Gasteiger partial charge < -0.3 is 15.3 Å². The number of carboxylic acids is 2.